The van der Waals surface area contributed by atoms with Crippen molar-refractivity contribution in [3.63, 3.8) is 0 Å². The molecule has 1 amide bonds. The van der Waals surface area contributed by atoms with E-state index in [2.05, 4.69) is 12.2 Å². The minimum Gasteiger partial charge on any atom is -0.399 e. The summed E-state index contributed by atoms with van der Waals surface area (Å²) >= 11 is 0. The van der Waals surface area contributed by atoms with Gasteiger partial charge in [0.05, 0.1) is 0 Å². The third-order valence-electron chi connectivity index (χ3n) is 5.47. The van der Waals surface area contributed by atoms with Crippen LogP contribution >= 0.6 is 0 Å². The van der Waals surface area contributed by atoms with Gasteiger partial charge in [0.15, 0.2) is 0 Å². The number of aryl methyl sites for hydroxylation is 1. The van der Waals surface area contributed by atoms with Crippen LogP contribution in [0.25, 0.3) is 0 Å². The van der Waals surface area contributed by atoms with Crippen LogP contribution in [-0.4, -0.2) is 12.5 Å². The Hall–Kier alpha value is -1.51. The van der Waals surface area contributed by atoms with Gasteiger partial charge in [0.2, 0.25) is 5.91 Å². The Bertz CT molecular complexity index is 484. The summed E-state index contributed by atoms with van der Waals surface area (Å²) in [4.78, 5) is 11.9. The van der Waals surface area contributed by atoms with Gasteiger partial charge in [-0.05, 0) is 30.5 Å². The maximum absolute atomic E-state index is 11.9. The van der Waals surface area contributed by atoms with Crippen LogP contribution in [0.5, 0.6) is 0 Å². The second kappa shape index (κ2) is 17.6. The molecule has 1 rings (SSSR count). The molecule has 0 saturated carbocycles. The SMILES string of the molecule is CCCCCCCCCCCCCCCCNC(=O)CCc1ccc(N)cc1. The lowest BCUT2D eigenvalue weighted by Crippen LogP contribution is -2.24. The highest BCUT2D eigenvalue weighted by atomic mass is 16.1. The van der Waals surface area contributed by atoms with Gasteiger partial charge >= 0.3 is 0 Å². The number of anilines is 1. The molecule has 0 aliphatic carbocycles. The molecule has 160 valence electrons. The maximum Gasteiger partial charge on any atom is 0.220 e. The van der Waals surface area contributed by atoms with Crippen molar-refractivity contribution in [2.75, 3.05) is 12.3 Å². The molecule has 28 heavy (non-hydrogen) atoms. The molecule has 0 heterocycles. The van der Waals surface area contributed by atoms with Crippen LogP contribution in [-0.2, 0) is 11.2 Å². The summed E-state index contributed by atoms with van der Waals surface area (Å²) < 4.78 is 0. The molecule has 1 aromatic carbocycles. The lowest BCUT2D eigenvalue weighted by Gasteiger charge is -2.06. The predicted octanol–water partition coefficient (Wildman–Crippen LogP) is 6.80. The molecule has 3 heteroatoms. The third-order valence-corrected chi connectivity index (χ3v) is 5.47. The molecule has 0 spiro atoms. The van der Waals surface area contributed by atoms with E-state index in [4.69, 9.17) is 5.73 Å². The smallest absolute Gasteiger partial charge is 0.220 e. The molecule has 0 unspecified atom stereocenters. The van der Waals surface area contributed by atoms with E-state index >= 15 is 0 Å². The van der Waals surface area contributed by atoms with Crippen molar-refractivity contribution in [1.29, 1.82) is 0 Å². The minimum absolute atomic E-state index is 0.159. The second-order valence-corrected chi connectivity index (χ2v) is 8.19. The van der Waals surface area contributed by atoms with E-state index in [1.807, 2.05) is 24.3 Å². The number of nitrogen functional groups attached to an aromatic ring is 1. The van der Waals surface area contributed by atoms with Gasteiger partial charge in [-0.3, -0.25) is 4.79 Å². The molecular weight excluding hydrogens is 344 g/mol. The summed E-state index contributed by atoms with van der Waals surface area (Å²) in [6.45, 7) is 3.10. The maximum atomic E-state index is 11.9. The molecule has 0 saturated heterocycles. The fourth-order valence-electron chi connectivity index (χ4n) is 3.58. The molecule has 0 aliphatic heterocycles. The van der Waals surface area contributed by atoms with Gasteiger partial charge in [0.25, 0.3) is 0 Å². The number of hydrogen-bond donors (Lipinski definition) is 2. The fraction of sp³-hybridized carbons (Fsp3) is 0.720. The lowest BCUT2D eigenvalue weighted by molar-refractivity contribution is -0.121. The summed E-state index contributed by atoms with van der Waals surface area (Å²) in [5, 5.41) is 3.04. The Morgan fingerprint density at radius 2 is 1.21 bits per heavy atom. The van der Waals surface area contributed by atoms with Crippen LogP contribution in [0.2, 0.25) is 0 Å². The largest absolute Gasteiger partial charge is 0.399 e. The molecule has 0 fully saturated rings. The number of amides is 1. The number of carbonyl (C=O) groups is 1. The lowest BCUT2D eigenvalue weighted by atomic mass is 10.0. The van der Waals surface area contributed by atoms with E-state index in [0.717, 1.165) is 25.1 Å². The van der Waals surface area contributed by atoms with Crippen molar-refractivity contribution in [3.8, 4) is 0 Å². The summed E-state index contributed by atoms with van der Waals surface area (Å²) in [6.07, 6.45) is 20.4. The van der Waals surface area contributed by atoms with E-state index in [-0.39, 0.29) is 5.91 Å². The first-order valence-electron chi connectivity index (χ1n) is 11.8. The number of rotatable bonds is 18. The first-order chi connectivity index (χ1) is 13.7. The van der Waals surface area contributed by atoms with Gasteiger partial charge in [-0.15, -0.1) is 0 Å². The number of hydrogen-bond acceptors (Lipinski definition) is 2. The van der Waals surface area contributed by atoms with Crippen molar-refractivity contribution < 1.29 is 4.79 Å². The molecular formula is C25H44N2O. The zero-order valence-electron chi connectivity index (χ0n) is 18.3. The van der Waals surface area contributed by atoms with Crippen molar-refractivity contribution >= 4 is 11.6 Å². The van der Waals surface area contributed by atoms with E-state index in [0.29, 0.717) is 6.42 Å². The van der Waals surface area contributed by atoms with Crippen LogP contribution in [0.15, 0.2) is 24.3 Å². The Balaban J connectivity index is 1.80. The van der Waals surface area contributed by atoms with Crippen LogP contribution in [0.3, 0.4) is 0 Å². The zero-order valence-corrected chi connectivity index (χ0v) is 18.3. The van der Waals surface area contributed by atoms with Gasteiger partial charge in [-0.1, -0.05) is 103 Å². The zero-order chi connectivity index (χ0) is 20.3. The summed E-state index contributed by atoms with van der Waals surface area (Å²) in [6, 6.07) is 7.77. The monoisotopic (exact) mass is 388 g/mol. The van der Waals surface area contributed by atoms with Gasteiger partial charge in [-0.2, -0.15) is 0 Å². The summed E-state index contributed by atoms with van der Waals surface area (Å²) in [5.74, 6) is 0.159. The Morgan fingerprint density at radius 1 is 0.750 bits per heavy atom. The molecule has 0 radical (unpaired) electrons. The average molecular weight is 389 g/mol. The first kappa shape index (κ1) is 24.5. The number of carbonyl (C=O) groups excluding carboxylic acids is 1. The number of nitrogens with two attached hydrogens (primary N) is 1. The van der Waals surface area contributed by atoms with E-state index in [9.17, 15) is 4.79 Å². The van der Waals surface area contributed by atoms with Gasteiger partial charge in [-0.25, -0.2) is 0 Å². The third kappa shape index (κ3) is 14.5. The van der Waals surface area contributed by atoms with E-state index < -0.39 is 0 Å². The number of unbranched alkanes of at least 4 members (excludes halogenated alkanes) is 13. The first-order valence-corrected chi connectivity index (χ1v) is 11.8. The highest BCUT2D eigenvalue weighted by Crippen LogP contribution is 2.13. The standard InChI is InChI=1S/C25H44N2O/c1-2-3-4-5-6-7-8-9-10-11-12-13-14-15-22-27-25(28)21-18-23-16-19-24(26)20-17-23/h16-17,19-20H,2-15,18,21-22,26H2,1H3,(H,27,28). The number of benzene rings is 1. The molecule has 3 nitrogen and oxygen atoms in total. The molecule has 3 N–H and O–H groups in total. The van der Waals surface area contributed by atoms with Crippen LogP contribution in [0.4, 0.5) is 5.69 Å². The van der Waals surface area contributed by atoms with Crippen molar-refractivity contribution in [3.05, 3.63) is 29.8 Å². The van der Waals surface area contributed by atoms with E-state index in [1.165, 1.54) is 89.0 Å². The Labute approximate surface area is 173 Å². The molecule has 0 bridgehead atoms. The molecule has 0 atom stereocenters. The normalized spacial score (nSPS) is 10.9. The quantitative estimate of drug-likeness (QED) is 0.215. The van der Waals surface area contributed by atoms with Crippen LogP contribution < -0.4 is 11.1 Å². The highest BCUT2D eigenvalue weighted by Gasteiger charge is 2.02. The minimum atomic E-state index is 0.159. The molecule has 1 aromatic rings. The average Bonchev–Trinajstić information content (AvgIpc) is 2.70. The Kier molecular flexibility index (Phi) is 15.4. The molecule has 0 aliphatic rings. The fourth-order valence-corrected chi connectivity index (χ4v) is 3.58. The van der Waals surface area contributed by atoms with Gasteiger partial charge in [0.1, 0.15) is 0 Å². The second-order valence-electron chi connectivity index (χ2n) is 8.19. The van der Waals surface area contributed by atoms with Crippen molar-refractivity contribution in [2.24, 2.45) is 0 Å². The van der Waals surface area contributed by atoms with Crippen molar-refractivity contribution in [1.82, 2.24) is 5.32 Å². The predicted molar refractivity (Wildman–Crippen MR) is 122 cm³/mol. The Morgan fingerprint density at radius 3 is 1.71 bits per heavy atom. The topological polar surface area (TPSA) is 55.1 Å². The van der Waals surface area contributed by atoms with Crippen LogP contribution in [0.1, 0.15) is 109 Å². The van der Waals surface area contributed by atoms with Crippen molar-refractivity contribution in [2.45, 2.75) is 110 Å². The molecule has 0 aromatic heterocycles. The number of nitrogens with one attached hydrogen (secondary N) is 1. The summed E-state index contributed by atoms with van der Waals surface area (Å²) in [7, 11) is 0. The van der Waals surface area contributed by atoms with Gasteiger partial charge in [0, 0.05) is 18.7 Å². The van der Waals surface area contributed by atoms with E-state index in [1.54, 1.807) is 0 Å². The van der Waals surface area contributed by atoms with Crippen LogP contribution in [0, 0.1) is 0 Å². The van der Waals surface area contributed by atoms with Gasteiger partial charge < -0.3 is 11.1 Å². The highest BCUT2D eigenvalue weighted by molar-refractivity contribution is 5.76. The summed E-state index contributed by atoms with van der Waals surface area (Å²) in [5.41, 5.74) is 7.61.